The first kappa shape index (κ1) is 14.1. The van der Waals surface area contributed by atoms with Gasteiger partial charge < -0.3 is 10.4 Å². The molecule has 3 heteroatoms. The molecule has 2 nitrogen and oxygen atoms in total. The molecule has 1 unspecified atom stereocenters. The summed E-state index contributed by atoms with van der Waals surface area (Å²) in [5, 5.41) is 13.3. The minimum absolute atomic E-state index is 0.142. The van der Waals surface area contributed by atoms with E-state index < -0.39 is 0 Å². The highest BCUT2D eigenvalue weighted by Crippen LogP contribution is 2.33. The Morgan fingerprint density at radius 1 is 1.19 bits per heavy atom. The standard InChI is InChI=1S/C18H20FNO/c1-12(13-5-8-15(19)9-6-13)20-18-4-2-3-14-7-10-16(21)11-17(14)18/h5-12,18,20-21H,2-4H2,1H3/t12-,18?/m1/s1. The fourth-order valence-electron chi connectivity index (χ4n) is 3.11. The maximum absolute atomic E-state index is 13.0. The van der Waals surface area contributed by atoms with Gasteiger partial charge in [0.2, 0.25) is 0 Å². The maximum atomic E-state index is 13.0. The highest BCUT2D eigenvalue weighted by atomic mass is 19.1. The first-order chi connectivity index (χ1) is 10.1. The molecule has 0 fully saturated rings. The Kier molecular flexibility index (Phi) is 3.93. The summed E-state index contributed by atoms with van der Waals surface area (Å²) >= 11 is 0. The fraction of sp³-hybridized carbons (Fsp3) is 0.333. The van der Waals surface area contributed by atoms with Crippen molar-refractivity contribution in [3.8, 4) is 5.75 Å². The summed E-state index contributed by atoms with van der Waals surface area (Å²) in [5.74, 6) is 0.107. The van der Waals surface area contributed by atoms with E-state index in [4.69, 9.17) is 0 Å². The normalized spacial score (nSPS) is 19.0. The lowest BCUT2D eigenvalue weighted by molar-refractivity contribution is 0.410. The molecular formula is C18H20FNO. The molecule has 0 aliphatic heterocycles. The third-order valence-electron chi connectivity index (χ3n) is 4.26. The molecule has 0 radical (unpaired) electrons. The molecule has 0 amide bonds. The number of halogens is 1. The molecule has 1 aliphatic carbocycles. The lowest BCUT2D eigenvalue weighted by Crippen LogP contribution is -2.27. The van der Waals surface area contributed by atoms with E-state index in [0.717, 1.165) is 24.8 Å². The predicted octanol–water partition coefficient (Wildman–Crippen LogP) is 4.26. The second-order valence-electron chi connectivity index (χ2n) is 5.77. The third-order valence-corrected chi connectivity index (χ3v) is 4.26. The number of phenolic OH excluding ortho intramolecular Hbond substituents is 1. The van der Waals surface area contributed by atoms with E-state index in [9.17, 15) is 9.50 Å². The van der Waals surface area contributed by atoms with Crippen molar-refractivity contribution in [2.75, 3.05) is 0 Å². The molecule has 2 aromatic carbocycles. The molecule has 21 heavy (non-hydrogen) atoms. The van der Waals surface area contributed by atoms with Crippen molar-refractivity contribution in [2.45, 2.75) is 38.3 Å². The summed E-state index contributed by atoms with van der Waals surface area (Å²) in [6.07, 6.45) is 3.27. The Balaban J connectivity index is 1.80. The van der Waals surface area contributed by atoms with E-state index in [-0.39, 0.29) is 17.9 Å². The van der Waals surface area contributed by atoms with Crippen LogP contribution in [0.1, 0.15) is 48.5 Å². The number of aromatic hydroxyl groups is 1. The van der Waals surface area contributed by atoms with Crippen molar-refractivity contribution >= 4 is 0 Å². The van der Waals surface area contributed by atoms with Gasteiger partial charge >= 0.3 is 0 Å². The van der Waals surface area contributed by atoms with Gasteiger partial charge in [-0.2, -0.15) is 0 Å². The zero-order valence-electron chi connectivity index (χ0n) is 12.1. The van der Waals surface area contributed by atoms with E-state index in [2.05, 4.69) is 12.2 Å². The number of fused-ring (bicyclic) bond motifs is 1. The van der Waals surface area contributed by atoms with Gasteiger partial charge in [0.25, 0.3) is 0 Å². The van der Waals surface area contributed by atoms with Crippen LogP contribution in [0.2, 0.25) is 0 Å². The zero-order valence-corrected chi connectivity index (χ0v) is 12.1. The van der Waals surface area contributed by atoms with E-state index >= 15 is 0 Å². The van der Waals surface area contributed by atoms with Crippen molar-refractivity contribution in [3.63, 3.8) is 0 Å². The largest absolute Gasteiger partial charge is 0.508 e. The molecule has 0 heterocycles. The monoisotopic (exact) mass is 285 g/mol. The van der Waals surface area contributed by atoms with Crippen LogP contribution in [0.25, 0.3) is 0 Å². The van der Waals surface area contributed by atoms with Crippen molar-refractivity contribution in [2.24, 2.45) is 0 Å². The molecule has 0 spiro atoms. The van der Waals surface area contributed by atoms with Crippen molar-refractivity contribution in [1.82, 2.24) is 5.32 Å². The van der Waals surface area contributed by atoms with Crippen LogP contribution in [0.5, 0.6) is 5.75 Å². The van der Waals surface area contributed by atoms with Crippen LogP contribution in [0.3, 0.4) is 0 Å². The van der Waals surface area contributed by atoms with Crippen molar-refractivity contribution in [1.29, 1.82) is 0 Å². The minimum atomic E-state index is -0.209. The topological polar surface area (TPSA) is 32.3 Å². The van der Waals surface area contributed by atoms with Gasteiger partial charge in [-0.1, -0.05) is 18.2 Å². The molecule has 0 saturated heterocycles. The number of nitrogens with one attached hydrogen (secondary N) is 1. The average molecular weight is 285 g/mol. The second-order valence-corrected chi connectivity index (χ2v) is 5.77. The van der Waals surface area contributed by atoms with Crippen LogP contribution in [-0.2, 0) is 6.42 Å². The number of benzene rings is 2. The molecule has 0 saturated carbocycles. The minimum Gasteiger partial charge on any atom is -0.508 e. The SMILES string of the molecule is C[C@@H](NC1CCCc2ccc(O)cc21)c1ccc(F)cc1. The first-order valence-corrected chi connectivity index (χ1v) is 7.47. The Labute approximate surface area is 124 Å². The Morgan fingerprint density at radius 2 is 1.95 bits per heavy atom. The molecule has 2 aromatic rings. The highest BCUT2D eigenvalue weighted by molar-refractivity contribution is 5.38. The second kappa shape index (κ2) is 5.86. The van der Waals surface area contributed by atoms with Crippen LogP contribution >= 0.6 is 0 Å². The van der Waals surface area contributed by atoms with Crippen molar-refractivity contribution < 1.29 is 9.50 Å². The predicted molar refractivity (Wildman–Crippen MR) is 81.7 cm³/mol. The molecule has 2 N–H and O–H groups in total. The van der Waals surface area contributed by atoms with E-state index in [1.807, 2.05) is 24.3 Å². The number of aryl methyl sites for hydroxylation is 1. The Hall–Kier alpha value is -1.87. The molecule has 110 valence electrons. The average Bonchev–Trinajstić information content (AvgIpc) is 2.48. The van der Waals surface area contributed by atoms with Gasteiger partial charge in [0, 0.05) is 12.1 Å². The zero-order chi connectivity index (χ0) is 14.8. The van der Waals surface area contributed by atoms with Gasteiger partial charge in [-0.15, -0.1) is 0 Å². The summed E-state index contributed by atoms with van der Waals surface area (Å²) in [5.41, 5.74) is 3.57. The molecular weight excluding hydrogens is 265 g/mol. The van der Waals surface area contributed by atoms with E-state index in [0.29, 0.717) is 5.75 Å². The van der Waals surface area contributed by atoms with Gasteiger partial charge in [0.1, 0.15) is 11.6 Å². The lowest BCUT2D eigenvalue weighted by Gasteiger charge is -2.29. The van der Waals surface area contributed by atoms with E-state index in [1.165, 1.54) is 23.3 Å². The summed E-state index contributed by atoms with van der Waals surface area (Å²) in [6.45, 7) is 2.09. The molecule has 1 aliphatic rings. The summed E-state index contributed by atoms with van der Waals surface area (Å²) in [4.78, 5) is 0. The van der Waals surface area contributed by atoms with Crippen LogP contribution < -0.4 is 5.32 Å². The van der Waals surface area contributed by atoms with Crippen LogP contribution in [0.4, 0.5) is 4.39 Å². The van der Waals surface area contributed by atoms with Crippen LogP contribution in [-0.4, -0.2) is 5.11 Å². The lowest BCUT2D eigenvalue weighted by atomic mass is 9.87. The van der Waals surface area contributed by atoms with Crippen molar-refractivity contribution in [3.05, 3.63) is 65.0 Å². The first-order valence-electron chi connectivity index (χ1n) is 7.47. The van der Waals surface area contributed by atoms with Gasteiger partial charge in [0.05, 0.1) is 0 Å². The van der Waals surface area contributed by atoms with Gasteiger partial charge in [-0.3, -0.25) is 0 Å². The number of hydrogen-bond acceptors (Lipinski definition) is 2. The smallest absolute Gasteiger partial charge is 0.123 e. The summed E-state index contributed by atoms with van der Waals surface area (Å²) in [7, 11) is 0. The number of phenols is 1. The van der Waals surface area contributed by atoms with Gasteiger partial charge in [-0.05, 0) is 67.1 Å². The van der Waals surface area contributed by atoms with E-state index in [1.54, 1.807) is 6.07 Å². The number of rotatable bonds is 3. The van der Waals surface area contributed by atoms with Gasteiger partial charge in [0.15, 0.2) is 0 Å². The quantitative estimate of drug-likeness (QED) is 0.883. The fourth-order valence-corrected chi connectivity index (χ4v) is 3.11. The molecule has 0 aromatic heterocycles. The third kappa shape index (κ3) is 3.08. The van der Waals surface area contributed by atoms with Gasteiger partial charge in [-0.25, -0.2) is 4.39 Å². The summed E-state index contributed by atoms with van der Waals surface area (Å²) in [6, 6.07) is 12.6. The Bertz CT molecular complexity index is 624. The van der Waals surface area contributed by atoms with Crippen LogP contribution in [0.15, 0.2) is 42.5 Å². The highest BCUT2D eigenvalue weighted by Gasteiger charge is 2.22. The molecule has 2 atom stereocenters. The summed E-state index contributed by atoms with van der Waals surface area (Å²) < 4.78 is 13.0. The molecule has 3 rings (SSSR count). The van der Waals surface area contributed by atoms with Crippen LogP contribution in [0, 0.1) is 5.82 Å². The number of hydrogen-bond donors (Lipinski definition) is 2. The Morgan fingerprint density at radius 3 is 2.71 bits per heavy atom. The molecule has 0 bridgehead atoms. The maximum Gasteiger partial charge on any atom is 0.123 e.